The highest BCUT2D eigenvalue weighted by Crippen LogP contribution is 2.28. The van der Waals surface area contributed by atoms with E-state index in [1.807, 2.05) is 18.2 Å². The fourth-order valence-corrected chi connectivity index (χ4v) is 1.76. The molecule has 1 aromatic carbocycles. The first-order valence-electron chi connectivity index (χ1n) is 5.07. The van der Waals surface area contributed by atoms with Crippen LogP contribution < -0.4 is 0 Å². The van der Waals surface area contributed by atoms with Gasteiger partial charge in [-0.1, -0.05) is 50.1 Å². The van der Waals surface area contributed by atoms with Gasteiger partial charge in [-0.2, -0.15) is 0 Å². The highest BCUT2D eigenvalue weighted by atomic mass is 35.5. The molecule has 0 radical (unpaired) electrons. The van der Waals surface area contributed by atoms with Crippen LogP contribution in [0.15, 0.2) is 36.9 Å². The lowest BCUT2D eigenvalue weighted by Gasteiger charge is -2.19. The maximum absolute atomic E-state index is 5.85. The Hall–Kier alpha value is -0.750. The second-order valence-corrected chi connectivity index (χ2v) is 4.14. The minimum atomic E-state index is 0.442. The van der Waals surface area contributed by atoms with Crippen LogP contribution in [-0.4, -0.2) is 0 Å². The molecule has 1 heteroatoms. The molecule has 0 saturated heterocycles. The summed E-state index contributed by atoms with van der Waals surface area (Å²) in [4.78, 5) is 0. The lowest BCUT2D eigenvalue weighted by Crippen LogP contribution is -2.05. The predicted octanol–water partition coefficient (Wildman–Crippen LogP) is 4.66. The summed E-state index contributed by atoms with van der Waals surface area (Å²) in [5, 5.41) is 0.792. The first kappa shape index (κ1) is 11.3. The zero-order valence-corrected chi connectivity index (χ0v) is 9.59. The molecule has 76 valence electrons. The van der Waals surface area contributed by atoms with E-state index < -0.39 is 0 Å². The average molecular weight is 209 g/mol. The molecule has 0 spiro atoms. The van der Waals surface area contributed by atoms with Gasteiger partial charge in [0, 0.05) is 10.9 Å². The van der Waals surface area contributed by atoms with Crippen LogP contribution in [0.25, 0.3) is 0 Å². The molecule has 0 aliphatic rings. The van der Waals surface area contributed by atoms with Gasteiger partial charge in [0.1, 0.15) is 0 Å². The quantitative estimate of drug-likeness (QED) is 0.632. The second kappa shape index (κ2) is 5.21. The number of allylic oxidation sites excluding steroid dienone is 1. The fraction of sp³-hybridized carbons (Fsp3) is 0.385. The zero-order chi connectivity index (χ0) is 10.6. The minimum Gasteiger partial charge on any atom is -0.102 e. The molecule has 0 unspecified atom stereocenters. The Bertz CT molecular complexity index is 287. The summed E-state index contributed by atoms with van der Waals surface area (Å²) in [6, 6.07) is 8.05. The van der Waals surface area contributed by atoms with E-state index in [9.17, 15) is 0 Å². The molecule has 14 heavy (non-hydrogen) atoms. The SMILES string of the molecule is C=C[C@H](c1ccc(Cl)cc1)[C@H](C)CC. The van der Waals surface area contributed by atoms with Crippen molar-refractivity contribution in [3.05, 3.63) is 47.5 Å². The maximum Gasteiger partial charge on any atom is 0.0406 e. The normalized spacial score (nSPS) is 14.8. The van der Waals surface area contributed by atoms with Crippen molar-refractivity contribution >= 4 is 11.6 Å². The molecule has 2 atom stereocenters. The molecule has 0 N–H and O–H groups in total. The van der Waals surface area contributed by atoms with Crippen LogP contribution in [0.4, 0.5) is 0 Å². The Morgan fingerprint density at radius 2 is 1.93 bits per heavy atom. The van der Waals surface area contributed by atoms with E-state index in [1.54, 1.807) is 0 Å². The van der Waals surface area contributed by atoms with E-state index in [0.29, 0.717) is 11.8 Å². The third-order valence-electron chi connectivity index (χ3n) is 2.77. The Kier molecular flexibility index (Phi) is 4.21. The molecule has 0 aliphatic heterocycles. The Morgan fingerprint density at radius 3 is 2.36 bits per heavy atom. The molecule has 0 amide bonds. The lowest BCUT2D eigenvalue weighted by atomic mass is 9.86. The number of rotatable bonds is 4. The summed E-state index contributed by atoms with van der Waals surface area (Å²) in [5.41, 5.74) is 1.30. The van der Waals surface area contributed by atoms with Crippen molar-refractivity contribution in [3.8, 4) is 0 Å². The molecule has 1 rings (SSSR count). The number of halogens is 1. The summed E-state index contributed by atoms with van der Waals surface area (Å²) in [6.45, 7) is 8.35. The molecule has 0 bridgehead atoms. The largest absolute Gasteiger partial charge is 0.102 e. The van der Waals surface area contributed by atoms with Crippen molar-refractivity contribution in [2.45, 2.75) is 26.2 Å². The molecule has 0 aromatic heterocycles. The topological polar surface area (TPSA) is 0 Å². The van der Waals surface area contributed by atoms with Gasteiger partial charge in [-0.3, -0.25) is 0 Å². The van der Waals surface area contributed by atoms with Crippen molar-refractivity contribution in [1.29, 1.82) is 0 Å². The predicted molar refractivity (Wildman–Crippen MR) is 63.8 cm³/mol. The Morgan fingerprint density at radius 1 is 1.36 bits per heavy atom. The third-order valence-corrected chi connectivity index (χ3v) is 3.02. The van der Waals surface area contributed by atoms with Gasteiger partial charge in [-0.05, 0) is 23.6 Å². The fourth-order valence-electron chi connectivity index (χ4n) is 1.64. The molecule has 0 fully saturated rings. The van der Waals surface area contributed by atoms with Gasteiger partial charge in [0.05, 0.1) is 0 Å². The average Bonchev–Trinajstić information content (AvgIpc) is 2.21. The van der Waals surface area contributed by atoms with Crippen molar-refractivity contribution in [2.75, 3.05) is 0 Å². The summed E-state index contributed by atoms with van der Waals surface area (Å²) in [7, 11) is 0. The third kappa shape index (κ3) is 2.62. The van der Waals surface area contributed by atoms with Crippen LogP contribution >= 0.6 is 11.6 Å². The van der Waals surface area contributed by atoms with Crippen LogP contribution in [0.3, 0.4) is 0 Å². The van der Waals surface area contributed by atoms with E-state index >= 15 is 0 Å². The van der Waals surface area contributed by atoms with Gasteiger partial charge in [-0.15, -0.1) is 6.58 Å². The molecule has 0 aliphatic carbocycles. The summed E-state index contributed by atoms with van der Waals surface area (Å²) >= 11 is 5.85. The van der Waals surface area contributed by atoms with Crippen molar-refractivity contribution in [3.63, 3.8) is 0 Å². The van der Waals surface area contributed by atoms with Crippen molar-refractivity contribution in [2.24, 2.45) is 5.92 Å². The van der Waals surface area contributed by atoms with Crippen LogP contribution in [0.5, 0.6) is 0 Å². The molecule has 1 aromatic rings. The smallest absolute Gasteiger partial charge is 0.0406 e. The summed E-state index contributed by atoms with van der Waals surface area (Å²) in [6.07, 6.45) is 3.19. The van der Waals surface area contributed by atoms with Gasteiger partial charge in [0.25, 0.3) is 0 Å². The van der Waals surface area contributed by atoms with E-state index in [0.717, 1.165) is 5.02 Å². The van der Waals surface area contributed by atoms with E-state index in [4.69, 9.17) is 11.6 Å². The summed E-state index contributed by atoms with van der Waals surface area (Å²) < 4.78 is 0. The minimum absolute atomic E-state index is 0.442. The molecule has 0 heterocycles. The Labute approximate surface area is 91.6 Å². The van der Waals surface area contributed by atoms with Crippen LogP contribution in [-0.2, 0) is 0 Å². The first-order chi connectivity index (χ1) is 6.69. The molecule has 0 nitrogen and oxygen atoms in total. The van der Waals surface area contributed by atoms with Crippen molar-refractivity contribution in [1.82, 2.24) is 0 Å². The number of hydrogen-bond acceptors (Lipinski definition) is 0. The maximum atomic E-state index is 5.85. The van der Waals surface area contributed by atoms with Crippen LogP contribution in [0.2, 0.25) is 5.02 Å². The van der Waals surface area contributed by atoms with Crippen LogP contribution in [0.1, 0.15) is 31.7 Å². The second-order valence-electron chi connectivity index (χ2n) is 3.70. The summed E-state index contributed by atoms with van der Waals surface area (Å²) in [5.74, 6) is 1.07. The van der Waals surface area contributed by atoms with Gasteiger partial charge < -0.3 is 0 Å². The highest BCUT2D eigenvalue weighted by Gasteiger charge is 2.13. The number of hydrogen-bond donors (Lipinski definition) is 0. The lowest BCUT2D eigenvalue weighted by molar-refractivity contribution is 0.507. The molecule has 0 saturated carbocycles. The first-order valence-corrected chi connectivity index (χ1v) is 5.44. The van der Waals surface area contributed by atoms with Gasteiger partial charge in [0.2, 0.25) is 0 Å². The van der Waals surface area contributed by atoms with Gasteiger partial charge in [-0.25, -0.2) is 0 Å². The number of benzene rings is 1. The van der Waals surface area contributed by atoms with Crippen LogP contribution in [0, 0.1) is 5.92 Å². The molecular weight excluding hydrogens is 192 g/mol. The molecular formula is C13H17Cl. The van der Waals surface area contributed by atoms with Gasteiger partial charge in [0.15, 0.2) is 0 Å². The monoisotopic (exact) mass is 208 g/mol. The van der Waals surface area contributed by atoms with Gasteiger partial charge >= 0.3 is 0 Å². The van der Waals surface area contributed by atoms with Crippen molar-refractivity contribution < 1.29 is 0 Å². The van der Waals surface area contributed by atoms with E-state index in [1.165, 1.54) is 12.0 Å². The highest BCUT2D eigenvalue weighted by molar-refractivity contribution is 6.30. The Balaban J connectivity index is 2.89. The standard InChI is InChI=1S/C13H17Cl/c1-4-10(3)13(5-2)11-6-8-12(14)9-7-11/h5-10,13H,2,4H2,1,3H3/t10-,13+/m1/s1. The zero-order valence-electron chi connectivity index (χ0n) is 8.83. The van der Waals surface area contributed by atoms with E-state index in [-0.39, 0.29) is 0 Å². The van der Waals surface area contributed by atoms with E-state index in [2.05, 4.69) is 32.6 Å².